The number of nitrogens with zero attached hydrogens (tertiary/aromatic N) is 4. The highest BCUT2D eigenvalue weighted by atomic mass is 16.5. The van der Waals surface area contributed by atoms with Crippen LogP contribution in [-0.2, 0) is 11.4 Å². The molecule has 1 aromatic heterocycles. The molecule has 0 fully saturated rings. The zero-order valence-corrected chi connectivity index (χ0v) is 22.0. The van der Waals surface area contributed by atoms with Crippen molar-refractivity contribution in [3.63, 3.8) is 0 Å². The van der Waals surface area contributed by atoms with Gasteiger partial charge in [-0.15, -0.1) is 0 Å². The zero-order valence-electron chi connectivity index (χ0n) is 22.0. The highest BCUT2D eigenvalue weighted by Crippen LogP contribution is 2.39. The van der Waals surface area contributed by atoms with Gasteiger partial charge >= 0.3 is 0 Å². The van der Waals surface area contributed by atoms with Crippen LogP contribution in [0, 0.1) is 0 Å². The number of aromatic nitrogens is 4. The van der Waals surface area contributed by atoms with E-state index in [4.69, 9.17) is 14.2 Å². The average molecular weight is 527 g/mol. The van der Waals surface area contributed by atoms with Gasteiger partial charge in [0, 0.05) is 5.70 Å². The number of allylic oxidation sites excluding steroid dienone is 1. The van der Waals surface area contributed by atoms with Gasteiger partial charge in [-0.2, -0.15) is 4.68 Å². The van der Waals surface area contributed by atoms with Gasteiger partial charge in [0.2, 0.25) is 5.95 Å². The van der Waals surface area contributed by atoms with Crippen LogP contribution in [0.2, 0.25) is 0 Å². The number of anilines is 2. The topological polar surface area (TPSA) is 112 Å². The van der Waals surface area contributed by atoms with Crippen molar-refractivity contribution < 1.29 is 19.0 Å². The second-order valence-corrected chi connectivity index (χ2v) is 8.81. The zero-order chi connectivity index (χ0) is 27.2. The molecule has 1 aliphatic heterocycles. The van der Waals surface area contributed by atoms with Crippen molar-refractivity contribution in [2.75, 3.05) is 23.8 Å². The number of nitrogens with one attached hydrogen (secondary N) is 2. The van der Waals surface area contributed by atoms with Crippen molar-refractivity contribution in [3.8, 4) is 17.2 Å². The molecule has 10 heteroatoms. The van der Waals surface area contributed by atoms with Crippen LogP contribution in [-0.4, -0.2) is 39.3 Å². The Morgan fingerprint density at radius 1 is 0.923 bits per heavy atom. The van der Waals surface area contributed by atoms with E-state index in [1.807, 2.05) is 87.5 Å². The van der Waals surface area contributed by atoms with Gasteiger partial charge in [0.1, 0.15) is 18.4 Å². The summed E-state index contributed by atoms with van der Waals surface area (Å²) < 4.78 is 19.3. The third-order valence-electron chi connectivity index (χ3n) is 6.21. The summed E-state index contributed by atoms with van der Waals surface area (Å²) in [5.74, 6) is 1.89. The van der Waals surface area contributed by atoms with Gasteiger partial charge in [-0.1, -0.05) is 53.6 Å². The van der Waals surface area contributed by atoms with Crippen LogP contribution in [0.4, 0.5) is 11.6 Å². The standard InChI is InChI=1S/C29H30N6O4/c1-4-37-23-14-10-9-13-22(23)31-28(36)26-19(3)30-29-32-33-34-35(29)27(26)21-15-16-24(25(17-21)38-5-2)39-18-20-11-7-6-8-12-20/h6-17,27H,4-5,18H2,1-3H3,(H,31,36)(H,30,32,34). The Labute approximate surface area is 226 Å². The molecule has 1 unspecified atom stereocenters. The number of carbonyl (C=O) groups is 1. The second-order valence-electron chi connectivity index (χ2n) is 8.81. The molecule has 39 heavy (non-hydrogen) atoms. The van der Waals surface area contributed by atoms with Crippen molar-refractivity contribution in [2.24, 2.45) is 0 Å². The molecule has 5 rings (SSSR count). The number of para-hydroxylation sites is 2. The quantitative estimate of drug-likeness (QED) is 0.298. The van der Waals surface area contributed by atoms with E-state index in [1.165, 1.54) is 0 Å². The smallest absolute Gasteiger partial charge is 0.255 e. The molecule has 10 nitrogen and oxygen atoms in total. The Balaban J connectivity index is 1.49. The predicted octanol–water partition coefficient (Wildman–Crippen LogP) is 4.98. The van der Waals surface area contributed by atoms with Gasteiger partial charge in [0.05, 0.1) is 24.5 Å². The molecule has 0 aliphatic carbocycles. The molecule has 4 aromatic rings. The summed E-state index contributed by atoms with van der Waals surface area (Å²) in [7, 11) is 0. The van der Waals surface area contributed by atoms with Gasteiger partial charge in [-0.25, -0.2) is 0 Å². The highest BCUT2D eigenvalue weighted by molar-refractivity contribution is 6.06. The fourth-order valence-corrected chi connectivity index (χ4v) is 4.47. The van der Waals surface area contributed by atoms with E-state index in [1.54, 1.807) is 10.7 Å². The van der Waals surface area contributed by atoms with E-state index >= 15 is 0 Å². The highest BCUT2D eigenvalue weighted by Gasteiger charge is 2.35. The fourth-order valence-electron chi connectivity index (χ4n) is 4.47. The van der Waals surface area contributed by atoms with Gasteiger partial charge in [0.15, 0.2) is 11.5 Å². The number of hydrogen-bond donors (Lipinski definition) is 2. The third kappa shape index (κ3) is 5.54. The summed E-state index contributed by atoms with van der Waals surface area (Å²) in [6, 6.07) is 22.3. The summed E-state index contributed by atoms with van der Waals surface area (Å²) in [6.45, 7) is 6.97. The van der Waals surface area contributed by atoms with Crippen molar-refractivity contribution in [3.05, 3.63) is 95.2 Å². The van der Waals surface area contributed by atoms with Crippen LogP contribution in [0.15, 0.2) is 84.1 Å². The number of ether oxygens (including phenoxy) is 3. The number of fused-ring (bicyclic) bond motifs is 1. The Morgan fingerprint density at radius 2 is 1.67 bits per heavy atom. The maximum absolute atomic E-state index is 13.8. The number of rotatable bonds is 10. The van der Waals surface area contributed by atoms with Crippen molar-refractivity contribution >= 4 is 17.5 Å². The van der Waals surface area contributed by atoms with E-state index in [0.717, 1.165) is 11.1 Å². The Bertz CT molecular complexity index is 1480. The lowest BCUT2D eigenvalue weighted by atomic mass is 9.94. The maximum Gasteiger partial charge on any atom is 0.255 e. The van der Waals surface area contributed by atoms with Gasteiger partial charge in [-0.3, -0.25) is 4.79 Å². The van der Waals surface area contributed by atoms with Crippen molar-refractivity contribution in [1.29, 1.82) is 0 Å². The molecule has 0 saturated carbocycles. The molecule has 1 atom stereocenters. The van der Waals surface area contributed by atoms with Crippen LogP contribution in [0.25, 0.3) is 0 Å². The minimum atomic E-state index is -0.613. The number of benzene rings is 3. The molecule has 200 valence electrons. The molecule has 0 spiro atoms. The minimum Gasteiger partial charge on any atom is -0.492 e. The molecule has 2 N–H and O–H groups in total. The lowest BCUT2D eigenvalue weighted by Gasteiger charge is -2.28. The Kier molecular flexibility index (Phi) is 7.72. The van der Waals surface area contributed by atoms with E-state index in [9.17, 15) is 4.79 Å². The van der Waals surface area contributed by atoms with E-state index in [2.05, 4.69) is 26.2 Å². The summed E-state index contributed by atoms with van der Waals surface area (Å²) in [5.41, 5.74) is 3.48. The van der Waals surface area contributed by atoms with Crippen molar-refractivity contribution in [1.82, 2.24) is 20.2 Å². The van der Waals surface area contributed by atoms with E-state index in [0.29, 0.717) is 60.0 Å². The molecule has 1 aliphatic rings. The summed E-state index contributed by atoms with van der Waals surface area (Å²) >= 11 is 0. The molecule has 0 radical (unpaired) electrons. The lowest BCUT2D eigenvalue weighted by molar-refractivity contribution is -0.113. The van der Waals surface area contributed by atoms with Crippen LogP contribution in [0.1, 0.15) is 37.9 Å². The summed E-state index contributed by atoms with van der Waals surface area (Å²) in [6.07, 6.45) is 0. The molecular formula is C29H30N6O4. The van der Waals surface area contributed by atoms with E-state index in [-0.39, 0.29) is 5.91 Å². The molecular weight excluding hydrogens is 496 g/mol. The second kappa shape index (κ2) is 11.7. The first-order chi connectivity index (χ1) is 19.1. The van der Waals surface area contributed by atoms with Crippen LogP contribution in [0.5, 0.6) is 17.2 Å². The van der Waals surface area contributed by atoms with Gasteiger partial charge < -0.3 is 24.8 Å². The number of tetrazole rings is 1. The summed E-state index contributed by atoms with van der Waals surface area (Å²) in [5, 5.41) is 18.3. The average Bonchev–Trinajstić information content (AvgIpc) is 3.41. The third-order valence-corrected chi connectivity index (χ3v) is 6.21. The van der Waals surface area contributed by atoms with Gasteiger partial charge in [-0.05, 0) is 66.6 Å². The number of amides is 1. The SMILES string of the molecule is CCOc1ccccc1NC(=O)C1=C(C)Nc2nnnn2C1c1ccc(OCc2ccccc2)c(OCC)c1. The fraction of sp³-hybridized carbons (Fsp3) is 0.241. The largest absolute Gasteiger partial charge is 0.492 e. The molecule has 1 amide bonds. The molecule has 0 bridgehead atoms. The lowest BCUT2D eigenvalue weighted by Crippen LogP contribution is -2.31. The van der Waals surface area contributed by atoms with Crippen LogP contribution >= 0.6 is 0 Å². The monoisotopic (exact) mass is 526 g/mol. The maximum atomic E-state index is 13.8. The Morgan fingerprint density at radius 3 is 2.46 bits per heavy atom. The first-order valence-corrected chi connectivity index (χ1v) is 12.8. The number of carbonyl (C=O) groups excluding carboxylic acids is 1. The minimum absolute atomic E-state index is 0.305. The van der Waals surface area contributed by atoms with Crippen LogP contribution in [0.3, 0.4) is 0 Å². The number of hydrogen-bond acceptors (Lipinski definition) is 8. The summed E-state index contributed by atoms with van der Waals surface area (Å²) in [4.78, 5) is 13.8. The normalized spacial score (nSPS) is 14.3. The first kappa shape index (κ1) is 25.8. The Hall–Kier alpha value is -4.86. The first-order valence-electron chi connectivity index (χ1n) is 12.8. The van der Waals surface area contributed by atoms with Crippen LogP contribution < -0.4 is 24.8 Å². The van der Waals surface area contributed by atoms with Gasteiger partial charge in [0.25, 0.3) is 5.91 Å². The van der Waals surface area contributed by atoms with Crippen molar-refractivity contribution in [2.45, 2.75) is 33.4 Å². The molecule has 2 heterocycles. The molecule has 0 saturated heterocycles. The molecule has 3 aromatic carbocycles. The predicted molar refractivity (Wildman–Crippen MR) is 147 cm³/mol. The van der Waals surface area contributed by atoms with E-state index < -0.39 is 6.04 Å².